The van der Waals surface area contributed by atoms with E-state index in [2.05, 4.69) is 35.0 Å². The monoisotopic (exact) mass is 742 g/mol. The van der Waals surface area contributed by atoms with E-state index in [9.17, 15) is 27.6 Å². The number of carbonyl (C=O) groups is 3. The molecule has 1 atom stereocenters. The summed E-state index contributed by atoms with van der Waals surface area (Å²) >= 11 is 0. The topological polar surface area (TPSA) is 82.2 Å². The van der Waals surface area contributed by atoms with Gasteiger partial charge in [-0.25, -0.2) is 0 Å². The van der Waals surface area contributed by atoms with Crippen LogP contribution in [0.5, 0.6) is 5.75 Å². The second-order valence-electron chi connectivity index (χ2n) is 15.4. The van der Waals surface area contributed by atoms with Gasteiger partial charge < -0.3 is 19.4 Å². The number of nitrogens with one attached hydrogen (secondary N) is 1. The third-order valence-electron chi connectivity index (χ3n) is 11.7. The predicted octanol–water partition coefficient (Wildman–Crippen LogP) is 8.35. The van der Waals surface area contributed by atoms with Crippen molar-refractivity contribution in [3.8, 4) is 5.75 Å². The Balaban J connectivity index is 0.802. The number of imide groups is 1. The fourth-order valence-electron chi connectivity index (χ4n) is 8.61. The van der Waals surface area contributed by atoms with Gasteiger partial charge in [0.25, 0.3) is 5.91 Å². The molecule has 0 bridgehead atoms. The smallest absolute Gasteiger partial charge is 0.417 e. The summed E-state index contributed by atoms with van der Waals surface area (Å²) in [5.74, 6) is 1.08. The molecular weight excluding hydrogens is 693 g/mol. The Bertz CT molecular complexity index is 1880. The van der Waals surface area contributed by atoms with Gasteiger partial charge in [-0.3, -0.25) is 19.7 Å². The number of halogens is 3. The first-order valence-corrected chi connectivity index (χ1v) is 19.3. The van der Waals surface area contributed by atoms with Crippen molar-refractivity contribution >= 4 is 34.7 Å². The maximum Gasteiger partial charge on any atom is 0.417 e. The number of amides is 3. The van der Waals surface area contributed by atoms with E-state index in [0.29, 0.717) is 61.3 Å². The molecule has 3 saturated heterocycles. The fraction of sp³-hybridized carbons (Fsp3) is 0.465. The Labute approximate surface area is 315 Å². The number of anilines is 2. The first-order valence-electron chi connectivity index (χ1n) is 19.3. The first kappa shape index (κ1) is 37.5. The highest BCUT2D eigenvalue weighted by Gasteiger charge is 2.39. The number of allylic oxidation sites excluding steroid dienone is 1. The number of unbranched alkanes of at least 4 members (excludes halogenated alkanes) is 1. The van der Waals surface area contributed by atoms with Crippen molar-refractivity contribution in [2.75, 3.05) is 42.6 Å². The molecule has 8 nitrogen and oxygen atoms in total. The van der Waals surface area contributed by atoms with E-state index in [0.717, 1.165) is 68.6 Å². The highest BCUT2D eigenvalue weighted by Crippen LogP contribution is 2.39. The summed E-state index contributed by atoms with van der Waals surface area (Å²) in [5.41, 5.74) is 4.48. The van der Waals surface area contributed by atoms with Gasteiger partial charge in [0.05, 0.1) is 12.2 Å². The summed E-state index contributed by atoms with van der Waals surface area (Å²) in [7, 11) is 0. The molecule has 3 aromatic carbocycles. The quantitative estimate of drug-likeness (QED) is 0.157. The van der Waals surface area contributed by atoms with Gasteiger partial charge in [-0.2, -0.15) is 13.2 Å². The summed E-state index contributed by atoms with van der Waals surface area (Å²) in [5, 5.41) is 2.36. The lowest BCUT2D eigenvalue weighted by molar-refractivity contribution is -0.138. The van der Waals surface area contributed by atoms with Crippen LogP contribution in [-0.2, 0) is 22.3 Å². The van der Waals surface area contributed by atoms with Crippen LogP contribution >= 0.6 is 0 Å². The zero-order chi connectivity index (χ0) is 38.0. The van der Waals surface area contributed by atoms with Crippen molar-refractivity contribution in [2.24, 2.45) is 5.92 Å². The molecule has 0 aromatic heterocycles. The van der Waals surface area contributed by atoms with Crippen LogP contribution in [0.4, 0.5) is 24.5 Å². The van der Waals surface area contributed by atoms with Crippen molar-refractivity contribution in [1.82, 2.24) is 10.2 Å². The molecule has 1 N–H and O–H groups in total. The van der Waals surface area contributed by atoms with Crippen LogP contribution in [0.2, 0.25) is 0 Å². The van der Waals surface area contributed by atoms with Gasteiger partial charge in [0, 0.05) is 56.1 Å². The summed E-state index contributed by atoms with van der Waals surface area (Å²) in [6, 6.07) is 18.3. The number of alkyl halides is 3. The third kappa shape index (κ3) is 8.30. The van der Waals surface area contributed by atoms with E-state index < -0.39 is 17.8 Å². The van der Waals surface area contributed by atoms with E-state index in [4.69, 9.17) is 4.74 Å². The van der Waals surface area contributed by atoms with E-state index in [1.807, 2.05) is 29.2 Å². The zero-order valence-corrected chi connectivity index (χ0v) is 30.9. The largest absolute Gasteiger partial charge is 0.494 e. The Morgan fingerprint density at radius 1 is 0.852 bits per heavy atom. The van der Waals surface area contributed by atoms with Crippen LogP contribution in [0, 0.1) is 5.92 Å². The van der Waals surface area contributed by atoms with Crippen LogP contribution in [0.3, 0.4) is 0 Å². The van der Waals surface area contributed by atoms with Crippen LogP contribution in [-0.4, -0.2) is 61.4 Å². The minimum Gasteiger partial charge on any atom is -0.494 e. The lowest BCUT2D eigenvalue weighted by Gasteiger charge is -2.34. The number of nitrogens with zero attached hydrogens (tertiary/aromatic N) is 3. The van der Waals surface area contributed by atoms with Gasteiger partial charge in [-0.05, 0) is 123 Å². The molecule has 1 unspecified atom stereocenters. The first-order chi connectivity index (χ1) is 25.9. The van der Waals surface area contributed by atoms with E-state index in [-0.39, 0.29) is 29.7 Å². The molecule has 7 rings (SSSR count). The third-order valence-corrected chi connectivity index (χ3v) is 11.7. The van der Waals surface area contributed by atoms with E-state index in [1.165, 1.54) is 18.1 Å². The number of hydrogen-bond acceptors (Lipinski definition) is 6. The molecule has 54 heavy (non-hydrogen) atoms. The number of fused-ring (bicyclic) bond motifs is 1. The maximum absolute atomic E-state index is 13.7. The van der Waals surface area contributed by atoms with Crippen LogP contribution in [0.1, 0.15) is 103 Å². The molecule has 3 aromatic rings. The predicted molar refractivity (Wildman–Crippen MR) is 204 cm³/mol. The van der Waals surface area contributed by atoms with Crippen molar-refractivity contribution < 1.29 is 32.3 Å². The number of piperidine rings is 3. The average Bonchev–Trinajstić information content (AvgIpc) is 3.49. The van der Waals surface area contributed by atoms with Gasteiger partial charge in [0.15, 0.2) is 0 Å². The number of hydrogen-bond donors (Lipinski definition) is 1. The molecule has 11 heteroatoms. The molecule has 3 fully saturated rings. The van der Waals surface area contributed by atoms with Crippen molar-refractivity contribution in [1.29, 1.82) is 0 Å². The van der Waals surface area contributed by atoms with Gasteiger partial charge in [0.1, 0.15) is 11.8 Å². The lowest BCUT2D eigenvalue weighted by Crippen LogP contribution is -2.52. The molecular formula is C43H49F3N4O4. The van der Waals surface area contributed by atoms with E-state index in [1.54, 1.807) is 24.0 Å². The van der Waals surface area contributed by atoms with Crippen molar-refractivity contribution in [2.45, 2.75) is 89.4 Å². The minimum absolute atomic E-state index is 0.141. The fourth-order valence-corrected chi connectivity index (χ4v) is 8.61. The normalized spacial score (nSPS) is 20.0. The Morgan fingerprint density at radius 3 is 2.19 bits per heavy atom. The van der Waals surface area contributed by atoms with Crippen molar-refractivity contribution in [3.63, 3.8) is 0 Å². The van der Waals surface area contributed by atoms with E-state index >= 15 is 0 Å². The zero-order valence-electron chi connectivity index (χ0n) is 30.9. The lowest BCUT2D eigenvalue weighted by atomic mass is 9.89. The molecule has 0 aliphatic carbocycles. The molecule has 4 heterocycles. The second kappa shape index (κ2) is 15.9. The van der Waals surface area contributed by atoms with Gasteiger partial charge >= 0.3 is 6.18 Å². The number of benzene rings is 3. The molecule has 4 aliphatic rings. The second-order valence-corrected chi connectivity index (χ2v) is 15.4. The Kier molecular flexibility index (Phi) is 11.0. The molecule has 0 saturated carbocycles. The van der Waals surface area contributed by atoms with Crippen molar-refractivity contribution in [3.05, 3.63) is 95.1 Å². The molecule has 0 radical (unpaired) electrons. The standard InChI is InChI=1S/C43H49F3N4O4/c1-28(2)36-12-8-34(26-38(36)43(44,45)46)49-22-18-31(19-23-49)30-6-10-35(11-7-30)54-24-4-3-5-29-16-20-48(21-17-29)33-9-13-37-32(25-33)27-50(42(37)53)39-14-15-40(51)47-41(39)52/h6-13,25-26,29,31,39H,1,3-5,14-24,27H2,2H3,(H,47,51,52). The van der Waals surface area contributed by atoms with Gasteiger partial charge in [-0.1, -0.05) is 36.8 Å². The summed E-state index contributed by atoms with van der Waals surface area (Å²) in [4.78, 5) is 43.1. The Hall–Kier alpha value is -4.80. The number of rotatable bonds is 11. The summed E-state index contributed by atoms with van der Waals surface area (Å²) in [6.45, 7) is 9.73. The SMILES string of the molecule is C=C(C)c1ccc(N2CCC(c3ccc(OCCCCC4CCN(c5ccc6c(c5)CN(C5CCC(=O)NC5=O)C6=O)CC4)cc3)CC2)cc1C(F)(F)F. The maximum atomic E-state index is 13.7. The number of ether oxygens (including phenoxy) is 1. The molecule has 286 valence electrons. The number of carbonyl (C=O) groups excluding carboxylic acids is 3. The summed E-state index contributed by atoms with van der Waals surface area (Å²) < 4.78 is 47.3. The van der Waals surface area contributed by atoms with Crippen LogP contribution in [0.25, 0.3) is 5.57 Å². The minimum atomic E-state index is -4.42. The van der Waals surface area contributed by atoms with Gasteiger partial charge in [0.2, 0.25) is 11.8 Å². The molecule has 0 spiro atoms. The van der Waals surface area contributed by atoms with Gasteiger partial charge in [-0.15, -0.1) is 0 Å². The Morgan fingerprint density at radius 2 is 1.52 bits per heavy atom. The van der Waals surface area contributed by atoms with Crippen LogP contribution < -0.4 is 19.9 Å². The molecule has 3 amide bonds. The average molecular weight is 743 g/mol. The highest BCUT2D eigenvalue weighted by atomic mass is 19.4. The molecule has 4 aliphatic heterocycles. The highest BCUT2D eigenvalue weighted by molar-refractivity contribution is 6.05. The van der Waals surface area contributed by atoms with Crippen LogP contribution in [0.15, 0.2) is 67.2 Å². The summed E-state index contributed by atoms with van der Waals surface area (Å²) in [6.07, 6.45) is 3.46.